The minimum atomic E-state index is 0.632. The molecule has 2 aromatic rings. The summed E-state index contributed by atoms with van der Waals surface area (Å²) in [5, 5.41) is 1.29. The number of hydrogen-bond donors (Lipinski definition) is 0. The molecule has 0 N–H and O–H groups in total. The van der Waals surface area contributed by atoms with E-state index in [4.69, 9.17) is 9.97 Å². The van der Waals surface area contributed by atoms with Crippen molar-refractivity contribution in [3.8, 4) is 0 Å². The van der Waals surface area contributed by atoms with E-state index in [9.17, 15) is 0 Å². The Morgan fingerprint density at radius 3 is 2.38 bits per heavy atom. The maximum atomic E-state index is 5.25. The van der Waals surface area contributed by atoms with Crippen molar-refractivity contribution in [2.45, 2.75) is 110 Å². The third kappa shape index (κ3) is 5.71. The van der Waals surface area contributed by atoms with E-state index in [0.29, 0.717) is 12.0 Å². The molecule has 176 valence electrons. The third-order valence-electron chi connectivity index (χ3n) is 8.29. The maximum absolute atomic E-state index is 5.25. The number of para-hydroxylation sites is 1. The molecule has 4 unspecified atom stereocenters. The van der Waals surface area contributed by atoms with Crippen LogP contribution in [0.3, 0.4) is 0 Å². The lowest BCUT2D eigenvalue weighted by Crippen LogP contribution is -2.38. The Bertz CT molecular complexity index is 853. The summed E-state index contributed by atoms with van der Waals surface area (Å²) in [6.07, 6.45) is 15.0. The molecule has 1 aromatic heterocycles. The molecule has 4 atom stereocenters. The Kier molecular flexibility index (Phi) is 8.21. The highest BCUT2D eigenvalue weighted by atomic mass is 15.2. The minimum Gasteiger partial charge on any atom is -0.296 e. The summed E-state index contributed by atoms with van der Waals surface area (Å²) in [6, 6.07) is 9.38. The van der Waals surface area contributed by atoms with Gasteiger partial charge in [-0.1, -0.05) is 71.1 Å². The lowest BCUT2D eigenvalue weighted by atomic mass is 9.69. The van der Waals surface area contributed by atoms with Gasteiger partial charge < -0.3 is 0 Å². The van der Waals surface area contributed by atoms with Crippen LogP contribution in [-0.4, -0.2) is 28.0 Å². The fraction of sp³-hybridized carbons (Fsp3) is 0.724. The highest BCUT2D eigenvalue weighted by Gasteiger charge is 2.34. The van der Waals surface area contributed by atoms with Crippen LogP contribution in [0.5, 0.6) is 0 Å². The van der Waals surface area contributed by atoms with E-state index in [0.717, 1.165) is 35.6 Å². The molecule has 0 aliphatic heterocycles. The predicted molar refractivity (Wildman–Crippen MR) is 136 cm³/mol. The van der Waals surface area contributed by atoms with Crippen molar-refractivity contribution in [2.75, 3.05) is 7.05 Å². The largest absolute Gasteiger partial charge is 0.296 e. The van der Waals surface area contributed by atoms with Crippen LogP contribution in [0.15, 0.2) is 24.3 Å². The van der Waals surface area contributed by atoms with Crippen LogP contribution in [0, 0.1) is 17.8 Å². The SMILES string of the molecule is CCCCCCCC1CCC1c1nc(CN(C)C2CC(C)CC(C)C2)nc2ccccc12. The van der Waals surface area contributed by atoms with Crippen molar-refractivity contribution in [2.24, 2.45) is 17.8 Å². The minimum absolute atomic E-state index is 0.632. The first-order chi connectivity index (χ1) is 15.5. The molecule has 1 aromatic carbocycles. The zero-order chi connectivity index (χ0) is 22.5. The highest BCUT2D eigenvalue weighted by molar-refractivity contribution is 5.81. The molecule has 3 nitrogen and oxygen atoms in total. The summed E-state index contributed by atoms with van der Waals surface area (Å²) in [6.45, 7) is 8.00. The second-order valence-corrected chi connectivity index (χ2v) is 11.2. The van der Waals surface area contributed by atoms with Gasteiger partial charge in [0, 0.05) is 17.3 Å². The Morgan fingerprint density at radius 1 is 0.906 bits per heavy atom. The van der Waals surface area contributed by atoms with Gasteiger partial charge in [-0.25, -0.2) is 9.97 Å². The molecule has 3 heteroatoms. The van der Waals surface area contributed by atoms with E-state index in [1.807, 2.05) is 0 Å². The van der Waals surface area contributed by atoms with Crippen LogP contribution in [0.2, 0.25) is 0 Å². The average molecular weight is 436 g/mol. The van der Waals surface area contributed by atoms with E-state index >= 15 is 0 Å². The van der Waals surface area contributed by atoms with E-state index < -0.39 is 0 Å². The van der Waals surface area contributed by atoms with Crippen molar-refractivity contribution in [1.29, 1.82) is 0 Å². The van der Waals surface area contributed by atoms with Crippen LogP contribution in [0.25, 0.3) is 10.9 Å². The number of nitrogens with zero attached hydrogens (tertiary/aromatic N) is 3. The normalized spacial score (nSPS) is 28.2. The molecule has 4 rings (SSSR count). The van der Waals surface area contributed by atoms with Gasteiger partial charge in [-0.3, -0.25) is 4.90 Å². The molecule has 1 heterocycles. The van der Waals surface area contributed by atoms with Gasteiger partial charge in [0.1, 0.15) is 5.82 Å². The average Bonchev–Trinajstić information content (AvgIpc) is 2.74. The first-order valence-electron chi connectivity index (χ1n) is 13.5. The molecule has 2 aliphatic rings. The summed E-state index contributed by atoms with van der Waals surface area (Å²) in [4.78, 5) is 12.8. The van der Waals surface area contributed by atoms with E-state index in [2.05, 4.69) is 57.0 Å². The van der Waals surface area contributed by atoms with Crippen LogP contribution >= 0.6 is 0 Å². The second kappa shape index (κ2) is 11.1. The van der Waals surface area contributed by atoms with Gasteiger partial charge in [-0.2, -0.15) is 0 Å². The fourth-order valence-corrected chi connectivity index (χ4v) is 6.41. The van der Waals surface area contributed by atoms with Crippen LogP contribution in [-0.2, 0) is 6.54 Å². The van der Waals surface area contributed by atoms with Crippen LogP contribution < -0.4 is 0 Å². The molecule has 2 aliphatic carbocycles. The molecule has 0 spiro atoms. The molecule has 0 saturated heterocycles. The second-order valence-electron chi connectivity index (χ2n) is 11.2. The quantitative estimate of drug-likeness (QED) is 0.357. The highest BCUT2D eigenvalue weighted by Crippen LogP contribution is 2.46. The summed E-state index contributed by atoms with van der Waals surface area (Å²) in [7, 11) is 2.29. The van der Waals surface area contributed by atoms with Gasteiger partial charge in [0.25, 0.3) is 0 Å². The van der Waals surface area contributed by atoms with Gasteiger partial charge in [0.15, 0.2) is 0 Å². The Morgan fingerprint density at radius 2 is 1.66 bits per heavy atom. The van der Waals surface area contributed by atoms with E-state index in [-0.39, 0.29) is 0 Å². The smallest absolute Gasteiger partial charge is 0.143 e. The molecule has 2 fully saturated rings. The molecule has 0 radical (unpaired) electrons. The van der Waals surface area contributed by atoms with Crippen molar-refractivity contribution >= 4 is 10.9 Å². The monoisotopic (exact) mass is 435 g/mol. The van der Waals surface area contributed by atoms with Gasteiger partial charge >= 0.3 is 0 Å². The third-order valence-corrected chi connectivity index (χ3v) is 8.29. The number of benzene rings is 1. The van der Waals surface area contributed by atoms with Crippen molar-refractivity contribution in [3.63, 3.8) is 0 Å². The van der Waals surface area contributed by atoms with Gasteiger partial charge in [-0.15, -0.1) is 0 Å². The van der Waals surface area contributed by atoms with Gasteiger partial charge in [0.05, 0.1) is 17.8 Å². The number of fused-ring (bicyclic) bond motifs is 1. The zero-order valence-electron chi connectivity index (χ0n) is 21.0. The first-order valence-corrected chi connectivity index (χ1v) is 13.5. The van der Waals surface area contributed by atoms with E-state index in [1.54, 1.807) is 0 Å². The van der Waals surface area contributed by atoms with E-state index in [1.165, 1.54) is 81.7 Å². The predicted octanol–water partition coefficient (Wildman–Crippen LogP) is 7.74. The van der Waals surface area contributed by atoms with Crippen molar-refractivity contribution in [3.05, 3.63) is 35.8 Å². The van der Waals surface area contributed by atoms with Crippen LogP contribution in [0.4, 0.5) is 0 Å². The van der Waals surface area contributed by atoms with Crippen molar-refractivity contribution in [1.82, 2.24) is 14.9 Å². The molecule has 0 bridgehead atoms. The topological polar surface area (TPSA) is 29.0 Å². The zero-order valence-corrected chi connectivity index (χ0v) is 21.0. The molecule has 0 amide bonds. The Labute approximate surface area is 196 Å². The summed E-state index contributed by atoms with van der Waals surface area (Å²) in [5.74, 6) is 4.13. The lowest BCUT2D eigenvalue weighted by molar-refractivity contribution is 0.125. The lowest BCUT2D eigenvalue weighted by Gasteiger charge is -2.38. The fourth-order valence-electron chi connectivity index (χ4n) is 6.41. The first kappa shape index (κ1) is 23.7. The standard InChI is InChI=1S/C29H45N3/c1-5-6-7-8-9-12-23-15-16-25(23)29-26-13-10-11-14-27(26)30-28(31-29)20-32(4)24-18-21(2)17-22(3)19-24/h10-11,13-14,21-25H,5-9,12,15-20H2,1-4H3. The number of aromatic nitrogens is 2. The molecule has 2 saturated carbocycles. The van der Waals surface area contributed by atoms with Crippen LogP contribution in [0.1, 0.15) is 109 Å². The summed E-state index contributed by atoms with van der Waals surface area (Å²) in [5.41, 5.74) is 2.48. The van der Waals surface area contributed by atoms with Crippen molar-refractivity contribution < 1.29 is 0 Å². The Hall–Kier alpha value is -1.48. The van der Waals surface area contributed by atoms with Gasteiger partial charge in [0.2, 0.25) is 0 Å². The summed E-state index contributed by atoms with van der Waals surface area (Å²) < 4.78 is 0. The number of rotatable bonds is 10. The number of hydrogen-bond acceptors (Lipinski definition) is 3. The molecule has 32 heavy (non-hydrogen) atoms. The molecular weight excluding hydrogens is 390 g/mol. The molecular formula is C29H45N3. The Balaban J connectivity index is 1.48. The van der Waals surface area contributed by atoms with Gasteiger partial charge in [-0.05, 0) is 69.4 Å². The number of unbranched alkanes of at least 4 members (excludes halogenated alkanes) is 4. The summed E-state index contributed by atoms with van der Waals surface area (Å²) >= 11 is 0. The maximum Gasteiger partial charge on any atom is 0.143 e.